The second-order valence-corrected chi connectivity index (χ2v) is 7.36. The van der Waals surface area contributed by atoms with E-state index < -0.39 is 0 Å². The van der Waals surface area contributed by atoms with Crippen molar-refractivity contribution in [3.8, 4) is 17.1 Å². The minimum atomic E-state index is -0.310. The first kappa shape index (κ1) is 16.9. The molecule has 0 fully saturated rings. The third-order valence-electron chi connectivity index (χ3n) is 5.38. The molecule has 3 aromatic carbocycles. The van der Waals surface area contributed by atoms with Crippen molar-refractivity contribution in [3.05, 3.63) is 90.4 Å². The van der Waals surface area contributed by atoms with Crippen LogP contribution in [-0.2, 0) is 0 Å². The largest absolute Gasteiger partial charge is 0.455 e. The molecule has 0 aliphatic heterocycles. The molecule has 144 valence electrons. The summed E-state index contributed by atoms with van der Waals surface area (Å²) in [5.41, 5.74) is 5.38. The molecular formula is C25H16FN3O. The summed E-state index contributed by atoms with van der Waals surface area (Å²) in [6, 6.07) is 22.7. The van der Waals surface area contributed by atoms with Gasteiger partial charge in [-0.2, -0.15) is 0 Å². The van der Waals surface area contributed by atoms with Crippen LogP contribution in [0.3, 0.4) is 0 Å². The Bertz CT molecular complexity index is 1560. The Hall–Kier alpha value is -3.99. The molecule has 0 atom stereocenters. The van der Waals surface area contributed by atoms with Gasteiger partial charge in [0.25, 0.3) is 0 Å². The number of para-hydroxylation sites is 2. The summed E-state index contributed by atoms with van der Waals surface area (Å²) in [7, 11) is 0. The average molecular weight is 393 g/mol. The summed E-state index contributed by atoms with van der Waals surface area (Å²) in [6.07, 6.45) is 1.80. The van der Waals surface area contributed by atoms with Crippen LogP contribution in [0.4, 0.5) is 4.39 Å². The fourth-order valence-corrected chi connectivity index (χ4v) is 4.04. The molecule has 0 amide bonds. The lowest BCUT2D eigenvalue weighted by molar-refractivity contribution is 0.634. The van der Waals surface area contributed by atoms with Crippen LogP contribution in [0.2, 0.25) is 0 Å². The Morgan fingerprint density at radius 1 is 0.933 bits per heavy atom. The molecule has 0 spiro atoms. The first-order valence-electron chi connectivity index (χ1n) is 9.71. The molecule has 3 aromatic heterocycles. The number of fused-ring (bicyclic) bond motifs is 4. The topological polar surface area (TPSA) is 43.9 Å². The van der Waals surface area contributed by atoms with E-state index in [1.807, 2.05) is 61.5 Å². The molecule has 0 aliphatic rings. The number of rotatable bonds is 2. The highest BCUT2D eigenvalue weighted by molar-refractivity contribution is 6.09. The standard InChI is InChI=1S/C25H16FN3O/c1-15-13-20-24(27-14-15)28-25(29(20)16-7-3-2-4-8-16)18-11-12-19(26)22-17-9-5-6-10-21(17)30-23(18)22/h2-14H,1H3. The van der Waals surface area contributed by atoms with Crippen LogP contribution >= 0.6 is 0 Å². The Kier molecular flexibility index (Phi) is 3.53. The molecular weight excluding hydrogens is 377 g/mol. The maximum absolute atomic E-state index is 14.8. The number of furan rings is 1. The lowest BCUT2D eigenvalue weighted by Gasteiger charge is -2.10. The first-order chi connectivity index (χ1) is 14.7. The third-order valence-corrected chi connectivity index (χ3v) is 5.38. The summed E-state index contributed by atoms with van der Waals surface area (Å²) in [5.74, 6) is 0.355. The molecule has 0 bridgehead atoms. The van der Waals surface area contributed by atoms with E-state index in [-0.39, 0.29) is 5.82 Å². The normalized spacial score (nSPS) is 11.7. The van der Waals surface area contributed by atoms with Gasteiger partial charge >= 0.3 is 0 Å². The van der Waals surface area contributed by atoms with Crippen molar-refractivity contribution < 1.29 is 8.81 Å². The van der Waals surface area contributed by atoms with Crippen LogP contribution in [0.1, 0.15) is 5.56 Å². The lowest BCUT2D eigenvalue weighted by atomic mass is 10.1. The van der Waals surface area contributed by atoms with Crippen molar-refractivity contribution >= 4 is 33.1 Å². The zero-order valence-electron chi connectivity index (χ0n) is 16.1. The number of hydrogen-bond acceptors (Lipinski definition) is 3. The van der Waals surface area contributed by atoms with E-state index in [4.69, 9.17) is 9.40 Å². The van der Waals surface area contributed by atoms with Gasteiger partial charge in [-0.05, 0) is 48.9 Å². The lowest BCUT2D eigenvalue weighted by Crippen LogP contribution is -1.98. The predicted molar refractivity (Wildman–Crippen MR) is 116 cm³/mol. The molecule has 0 N–H and O–H groups in total. The Balaban J connectivity index is 1.76. The number of nitrogens with zero attached hydrogens (tertiary/aromatic N) is 3. The Morgan fingerprint density at radius 3 is 2.60 bits per heavy atom. The van der Waals surface area contributed by atoms with Gasteiger partial charge in [-0.1, -0.05) is 36.4 Å². The van der Waals surface area contributed by atoms with Gasteiger partial charge in [-0.3, -0.25) is 4.57 Å². The van der Waals surface area contributed by atoms with Gasteiger partial charge in [-0.25, -0.2) is 14.4 Å². The van der Waals surface area contributed by atoms with Crippen LogP contribution in [0.25, 0.3) is 50.2 Å². The number of aryl methyl sites for hydroxylation is 1. The molecule has 0 saturated heterocycles. The Morgan fingerprint density at radius 2 is 1.73 bits per heavy atom. The maximum Gasteiger partial charge on any atom is 0.178 e. The maximum atomic E-state index is 14.8. The summed E-state index contributed by atoms with van der Waals surface area (Å²) in [5, 5.41) is 1.22. The molecule has 6 aromatic rings. The summed E-state index contributed by atoms with van der Waals surface area (Å²) >= 11 is 0. The van der Waals surface area contributed by atoms with E-state index >= 15 is 0 Å². The highest BCUT2D eigenvalue weighted by Gasteiger charge is 2.22. The summed E-state index contributed by atoms with van der Waals surface area (Å²) < 4.78 is 23.0. The van der Waals surface area contributed by atoms with Crippen LogP contribution in [0.15, 0.2) is 83.4 Å². The van der Waals surface area contributed by atoms with Crippen LogP contribution < -0.4 is 0 Å². The fraction of sp³-hybridized carbons (Fsp3) is 0.0400. The molecule has 4 nitrogen and oxygen atoms in total. The molecule has 3 heterocycles. The molecule has 0 aliphatic carbocycles. The number of pyridine rings is 1. The molecule has 5 heteroatoms. The highest BCUT2D eigenvalue weighted by Crippen LogP contribution is 2.38. The van der Waals surface area contributed by atoms with Crippen molar-refractivity contribution in [2.75, 3.05) is 0 Å². The smallest absolute Gasteiger partial charge is 0.178 e. The number of hydrogen-bond donors (Lipinski definition) is 0. The first-order valence-corrected chi connectivity index (χ1v) is 9.71. The molecule has 0 unspecified atom stereocenters. The SMILES string of the molecule is Cc1cnc2nc(-c3ccc(F)c4c3oc3ccccc34)n(-c3ccccc3)c2c1. The van der Waals surface area contributed by atoms with Gasteiger partial charge < -0.3 is 4.42 Å². The minimum Gasteiger partial charge on any atom is -0.455 e. The number of imidazole rings is 1. The number of benzene rings is 3. The van der Waals surface area contributed by atoms with Crippen molar-refractivity contribution in [2.24, 2.45) is 0 Å². The zero-order valence-corrected chi connectivity index (χ0v) is 16.1. The van der Waals surface area contributed by atoms with E-state index in [0.29, 0.717) is 28.0 Å². The summed E-state index contributed by atoms with van der Waals surface area (Å²) in [4.78, 5) is 9.34. The van der Waals surface area contributed by atoms with Crippen LogP contribution in [0, 0.1) is 12.7 Å². The van der Waals surface area contributed by atoms with Crippen molar-refractivity contribution in [2.45, 2.75) is 6.92 Å². The number of halogens is 1. The molecule has 30 heavy (non-hydrogen) atoms. The van der Waals surface area contributed by atoms with Crippen molar-refractivity contribution in [3.63, 3.8) is 0 Å². The molecule has 6 rings (SSSR count). The average Bonchev–Trinajstić information content (AvgIpc) is 3.33. The van der Waals surface area contributed by atoms with Gasteiger partial charge in [0.1, 0.15) is 17.0 Å². The second-order valence-electron chi connectivity index (χ2n) is 7.36. The van der Waals surface area contributed by atoms with Crippen molar-refractivity contribution in [1.29, 1.82) is 0 Å². The van der Waals surface area contributed by atoms with Crippen LogP contribution in [0.5, 0.6) is 0 Å². The van der Waals surface area contributed by atoms with Gasteiger partial charge in [-0.15, -0.1) is 0 Å². The van der Waals surface area contributed by atoms with E-state index in [9.17, 15) is 4.39 Å². The molecule has 0 radical (unpaired) electrons. The van der Waals surface area contributed by atoms with E-state index in [2.05, 4.69) is 15.6 Å². The second kappa shape index (κ2) is 6.26. The Labute approximate surface area is 171 Å². The minimum absolute atomic E-state index is 0.310. The molecule has 0 saturated carbocycles. The quantitative estimate of drug-likeness (QED) is 0.340. The van der Waals surface area contributed by atoms with Gasteiger partial charge in [0, 0.05) is 17.3 Å². The highest BCUT2D eigenvalue weighted by atomic mass is 19.1. The third kappa shape index (κ3) is 2.38. The fourth-order valence-electron chi connectivity index (χ4n) is 4.04. The monoisotopic (exact) mass is 393 g/mol. The van der Waals surface area contributed by atoms with E-state index in [1.165, 1.54) is 6.07 Å². The van der Waals surface area contributed by atoms with Crippen molar-refractivity contribution in [1.82, 2.24) is 14.5 Å². The zero-order chi connectivity index (χ0) is 20.2. The predicted octanol–water partition coefficient (Wildman–Crippen LogP) is 6.43. The van der Waals surface area contributed by atoms with Gasteiger partial charge in [0.15, 0.2) is 11.5 Å². The van der Waals surface area contributed by atoms with Crippen LogP contribution in [-0.4, -0.2) is 14.5 Å². The number of aromatic nitrogens is 3. The van der Waals surface area contributed by atoms with Gasteiger partial charge in [0.05, 0.1) is 16.5 Å². The van der Waals surface area contributed by atoms with E-state index in [0.717, 1.165) is 27.7 Å². The van der Waals surface area contributed by atoms with Gasteiger partial charge in [0.2, 0.25) is 0 Å². The summed E-state index contributed by atoms with van der Waals surface area (Å²) in [6.45, 7) is 2.00. The van der Waals surface area contributed by atoms with E-state index in [1.54, 1.807) is 12.3 Å².